The lowest BCUT2D eigenvalue weighted by Gasteiger charge is -2.22. The Bertz CT molecular complexity index is 542. The van der Waals surface area contributed by atoms with Crippen LogP contribution in [0.3, 0.4) is 0 Å². The van der Waals surface area contributed by atoms with Crippen molar-refractivity contribution in [2.24, 2.45) is 0 Å². The molecule has 0 aromatic heterocycles. The van der Waals surface area contributed by atoms with Gasteiger partial charge in [0, 0.05) is 6.54 Å². The second-order valence-corrected chi connectivity index (χ2v) is 5.90. The molecule has 1 atom stereocenters. The third-order valence-electron chi connectivity index (χ3n) is 2.70. The van der Waals surface area contributed by atoms with Gasteiger partial charge >= 0.3 is 0 Å². The number of morpholine rings is 1. The summed E-state index contributed by atoms with van der Waals surface area (Å²) in [6, 6.07) is 6.39. The lowest BCUT2D eigenvalue weighted by Crippen LogP contribution is -2.45. The molecule has 6 nitrogen and oxygen atoms in total. The van der Waals surface area contributed by atoms with E-state index in [1.165, 1.54) is 12.1 Å². The minimum Gasteiger partial charge on any atom is -0.364 e. The summed E-state index contributed by atoms with van der Waals surface area (Å²) in [6.45, 7) is 1.94. The first kappa shape index (κ1) is 14.0. The van der Waals surface area contributed by atoms with Crippen LogP contribution in [-0.2, 0) is 23.8 Å². The highest BCUT2D eigenvalue weighted by molar-refractivity contribution is 7.86. The van der Waals surface area contributed by atoms with Gasteiger partial charge in [-0.3, -0.25) is 8.98 Å². The molecule has 0 aliphatic carbocycles. The van der Waals surface area contributed by atoms with Crippen LogP contribution in [0.5, 0.6) is 0 Å². The summed E-state index contributed by atoms with van der Waals surface area (Å²) in [4.78, 5) is 11.0. The summed E-state index contributed by atoms with van der Waals surface area (Å²) in [5, 5.41) is 2.58. The zero-order valence-corrected chi connectivity index (χ0v) is 11.3. The first-order chi connectivity index (χ1) is 8.97. The molecule has 19 heavy (non-hydrogen) atoms. The van der Waals surface area contributed by atoms with E-state index in [1.807, 2.05) is 6.92 Å². The molecule has 0 bridgehead atoms. The maximum atomic E-state index is 11.9. The fourth-order valence-corrected chi connectivity index (χ4v) is 2.51. The highest BCUT2D eigenvalue weighted by Crippen LogP contribution is 2.14. The number of hydrogen-bond acceptors (Lipinski definition) is 5. The van der Waals surface area contributed by atoms with Gasteiger partial charge in [-0.25, -0.2) is 0 Å². The molecule has 1 amide bonds. The lowest BCUT2D eigenvalue weighted by atomic mass is 10.2. The van der Waals surface area contributed by atoms with Gasteiger partial charge in [0.25, 0.3) is 10.1 Å². The molecule has 1 saturated heterocycles. The molecule has 1 aliphatic heterocycles. The second-order valence-electron chi connectivity index (χ2n) is 4.29. The average Bonchev–Trinajstić information content (AvgIpc) is 2.39. The number of aryl methyl sites for hydroxylation is 1. The van der Waals surface area contributed by atoms with Crippen LogP contribution in [0.25, 0.3) is 0 Å². The molecule has 104 valence electrons. The first-order valence-corrected chi connectivity index (χ1v) is 7.22. The largest absolute Gasteiger partial charge is 0.364 e. The predicted octanol–water partition coefficient (Wildman–Crippen LogP) is 0.215. The van der Waals surface area contributed by atoms with Crippen LogP contribution >= 0.6 is 0 Å². The Kier molecular flexibility index (Phi) is 4.18. The Morgan fingerprint density at radius 1 is 1.37 bits per heavy atom. The van der Waals surface area contributed by atoms with Gasteiger partial charge < -0.3 is 10.1 Å². The third-order valence-corrected chi connectivity index (χ3v) is 3.99. The molecular formula is C12H15NO5S. The molecule has 0 spiro atoms. The molecule has 2 rings (SSSR count). The van der Waals surface area contributed by atoms with Gasteiger partial charge in [0.1, 0.15) is 12.7 Å². The number of benzene rings is 1. The van der Waals surface area contributed by atoms with Crippen molar-refractivity contribution in [1.29, 1.82) is 0 Å². The van der Waals surface area contributed by atoms with Gasteiger partial charge in [0.2, 0.25) is 5.91 Å². The fourth-order valence-electron chi connectivity index (χ4n) is 1.58. The van der Waals surface area contributed by atoms with Crippen molar-refractivity contribution in [3.05, 3.63) is 29.8 Å². The Morgan fingerprint density at radius 3 is 2.63 bits per heavy atom. The van der Waals surface area contributed by atoms with E-state index in [-0.39, 0.29) is 30.6 Å². The fraction of sp³-hybridized carbons (Fsp3) is 0.417. The van der Waals surface area contributed by atoms with Gasteiger partial charge in [0.05, 0.1) is 11.5 Å². The van der Waals surface area contributed by atoms with E-state index in [4.69, 9.17) is 8.92 Å². The van der Waals surface area contributed by atoms with E-state index >= 15 is 0 Å². The summed E-state index contributed by atoms with van der Waals surface area (Å²) in [7, 11) is -3.78. The van der Waals surface area contributed by atoms with Crippen molar-refractivity contribution in [1.82, 2.24) is 5.32 Å². The van der Waals surface area contributed by atoms with E-state index < -0.39 is 16.2 Å². The highest BCUT2D eigenvalue weighted by atomic mass is 32.2. The maximum absolute atomic E-state index is 11.9. The van der Waals surface area contributed by atoms with Crippen LogP contribution in [0.15, 0.2) is 29.2 Å². The number of ether oxygens (including phenoxy) is 1. The highest BCUT2D eigenvalue weighted by Gasteiger charge is 2.22. The number of amides is 1. The predicted molar refractivity (Wildman–Crippen MR) is 67.1 cm³/mol. The zero-order valence-electron chi connectivity index (χ0n) is 10.5. The van der Waals surface area contributed by atoms with E-state index in [9.17, 15) is 13.2 Å². The van der Waals surface area contributed by atoms with Crippen molar-refractivity contribution in [2.45, 2.75) is 17.9 Å². The Balaban J connectivity index is 1.94. The normalized spacial score (nSPS) is 20.1. The Morgan fingerprint density at radius 2 is 2.05 bits per heavy atom. The van der Waals surface area contributed by atoms with E-state index in [0.29, 0.717) is 0 Å². The lowest BCUT2D eigenvalue weighted by molar-refractivity contribution is -0.134. The van der Waals surface area contributed by atoms with Crippen LogP contribution < -0.4 is 5.32 Å². The minimum atomic E-state index is -3.78. The first-order valence-electron chi connectivity index (χ1n) is 5.82. The van der Waals surface area contributed by atoms with E-state index in [2.05, 4.69) is 5.32 Å². The summed E-state index contributed by atoms with van der Waals surface area (Å²) >= 11 is 0. The van der Waals surface area contributed by atoms with Crippen LogP contribution in [0.4, 0.5) is 0 Å². The van der Waals surface area contributed by atoms with E-state index in [1.54, 1.807) is 12.1 Å². The smallest absolute Gasteiger partial charge is 0.297 e. The number of nitrogens with one attached hydrogen (secondary N) is 1. The van der Waals surface area contributed by atoms with Gasteiger partial charge in [-0.2, -0.15) is 8.42 Å². The molecule has 7 heteroatoms. The SMILES string of the molecule is Cc1ccc(S(=O)(=O)OCC2CNC(=O)CO2)cc1. The zero-order chi connectivity index (χ0) is 13.9. The molecule has 1 aliphatic rings. The summed E-state index contributed by atoms with van der Waals surface area (Å²) < 4.78 is 33.8. The van der Waals surface area contributed by atoms with E-state index in [0.717, 1.165) is 5.56 Å². The summed E-state index contributed by atoms with van der Waals surface area (Å²) in [5.41, 5.74) is 0.970. The molecule has 1 unspecified atom stereocenters. The van der Waals surface area contributed by atoms with Crippen molar-refractivity contribution in [2.75, 3.05) is 19.8 Å². The molecule has 1 fully saturated rings. The minimum absolute atomic E-state index is 0.0708. The maximum Gasteiger partial charge on any atom is 0.297 e. The molecule has 1 heterocycles. The van der Waals surface area contributed by atoms with Gasteiger partial charge in [0.15, 0.2) is 0 Å². The number of rotatable bonds is 4. The van der Waals surface area contributed by atoms with Crippen molar-refractivity contribution >= 4 is 16.0 Å². The number of hydrogen-bond donors (Lipinski definition) is 1. The average molecular weight is 285 g/mol. The molecular weight excluding hydrogens is 270 g/mol. The van der Waals surface area contributed by atoms with Crippen molar-refractivity contribution in [3.63, 3.8) is 0 Å². The standard InChI is InChI=1S/C12H15NO5S/c1-9-2-4-11(5-3-9)19(15,16)18-7-10-6-13-12(14)8-17-10/h2-5,10H,6-8H2,1H3,(H,13,14). The molecule has 1 N–H and O–H groups in total. The van der Waals surface area contributed by atoms with Crippen LogP contribution in [0, 0.1) is 6.92 Å². The number of carbonyl (C=O) groups is 1. The van der Waals surface area contributed by atoms with Crippen LogP contribution in [0.2, 0.25) is 0 Å². The van der Waals surface area contributed by atoms with Crippen LogP contribution in [0.1, 0.15) is 5.56 Å². The van der Waals surface area contributed by atoms with Gasteiger partial charge in [-0.05, 0) is 19.1 Å². The second kappa shape index (κ2) is 5.68. The monoisotopic (exact) mass is 285 g/mol. The number of carbonyl (C=O) groups excluding carboxylic acids is 1. The summed E-state index contributed by atoms with van der Waals surface area (Å²) in [6.07, 6.45) is -0.446. The van der Waals surface area contributed by atoms with Crippen molar-refractivity contribution < 1.29 is 22.1 Å². The molecule has 1 aromatic rings. The Hall–Kier alpha value is -1.44. The quantitative estimate of drug-likeness (QED) is 0.800. The molecule has 0 saturated carbocycles. The Labute approximate surface area is 111 Å². The molecule has 1 aromatic carbocycles. The third kappa shape index (κ3) is 3.76. The van der Waals surface area contributed by atoms with Gasteiger partial charge in [-0.15, -0.1) is 0 Å². The topological polar surface area (TPSA) is 81.7 Å². The van der Waals surface area contributed by atoms with Gasteiger partial charge in [-0.1, -0.05) is 17.7 Å². The molecule has 0 radical (unpaired) electrons. The van der Waals surface area contributed by atoms with Crippen LogP contribution in [-0.4, -0.2) is 40.2 Å². The van der Waals surface area contributed by atoms with Crippen molar-refractivity contribution in [3.8, 4) is 0 Å². The summed E-state index contributed by atoms with van der Waals surface area (Å²) in [5.74, 6) is -0.211.